The van der Waals surface area contributed by atoms with Gasteiger partial charge in [-0.15, -0.1) is 0 Å². The second kappa shape index (κ2) is 5.46. The molecule has 6 rings (SSSR count). The number of aromatic nitrogens is 3. The number of amides is 1. The van der Waals surface area contributed by atoms with Gasteiger partial charge in [0.05, 0.1) is 29.4 Å². The number of pyridine rings is 1. The van der Waals surface area contributed by atoms with Gasteiger partial charge in [0, 0.05) is 31.6 Å². The Morgan fingerprint density at radius 3 is 2.85 bits per heavy atom. The molecule has 0 spiro atoms. The summed E-state index contributed by atoms with van der Waals surface area (Å²) in [6.45, 7) is 0.726. The quantitative estimate of drug-likeness (QED) is 0.834. The van der Waals surface area contributed by atoms with Crippen LogP contribution in [0, 0.1) is 28.0 Å². The lowest BCUT2D eigenvalue weighted by Gasteiger charge is -2.69. The molecule has 0 radical (unpaired) electrons. The van der Waals surface area contributed by atoms with Crippen LogP contribution in [-0.4, -0.2) is 31.9 Å². The highest BCUT2D eigenvalue weighted by atomic mass is 19.1. The maximum Gasteiger partial charge on any atom is 0.249 e. The molecule has 7 nitrogen and oxygen atoms in total. The van der Waals surface area contributed by atoms with Crippen molar-refractivity contribution >= 4 is 12.1 Å². The second-order valence-corrected chi connectivity index (χ2v) is 7.98. The summed E-state index contributed by atoms with van der Waals surface area (Å²) in [4.78, 5) is 17.0. The molecule has 4 aliphatic rings. The maximum absolute atomic E-state index is 13.5. The van der Waals surface area contributed by atoms with Crippen molar-refractivity contribution in [2.45, 2.75) is 38.3 Å². The largest absolute Gasteiger partial charge is 0.272 e. The summed E-state index contributed by atoms with van der Waals surface area (Å²) in [6.07, 6.45) is 10.8. The van der Waals surface area contributed by atoms with Crippen molar-refractivity contribution in [1.29, 1.82) is 5.26 Å². The van der Waals surface area contributed by atoms with Gasteiger partial charge in [-0.2, -0.15) is 15.5 Å². The first-order valence-electron chi connectivity index (χ1n) is 8.92. The van der Waals surface area contributed by atoms with E-state index in [2.05, 4.69) is 21.3 Å². The molecule has 1 atom stereocenters. The number of nitrogens with zero attached hydrogens (tertiary/aromatic N) is 6. The first-order chi connectivity index (χ1) is 13.0. The van der Waals surface area contributed by atoms with Crippen LogP contribution in [0.15, 0.2) is 36.0 Å². The van der Waals surface area contributed by atoms with E-state index in [1.807, 2.05) is 0 Å². The number of hydrogen-bond acceptors (Lipinski definition) is 5. The topological polar surface area (TPSA) is 87.2 Å². The Hall–Kier alpha value is -3.08. The third kappa shape index (κ3) is 2.38. The molecule has 136 valence electrons. The SMILES string of the molecule is N#Cc1cnn(CC23CC(C(=O)N4N=CCC4c4cncc(F)c4)(C2)C3)c1. The van der Waals surface area contributed by atoms with Crippen molar-refractivity contribution in [1.82, 2.24) is 19.8 Å². The van der Waals surface area contributed by atoms with Crippen LogP contribution in [-0.2, 0) is 11.3 Å². The molecule has 1 amide bonds. The van der Waals surface area contributed by atoms with E-state index in [0.717, 1.165) is 32.0 Å². The zero-order valence-corrected chi connectivity index (χ0v) is 14.5. The Morgan fingerprint density at radius 1 is 1.33 bits per heavy atom. The van der Waals surface area contributed by atoms with Gasteiger partial charge in [-0.3, -0.25) is 14.5 Å². The lowest BCUT2D eigenvalue weighted by atomic mass is 9.34. The Balaban J connectivity index is 1.28. The summed E-state index contributed by atoms with van der Waals surface area (Å²) in [6, 6.07) is 3.21. The van der Waals surface area contributed by atoms with Crippen LogP contribution in [0.4, 0.5) is 4.39 Å². The summed E-state index contributed by atoms with van der Waals surface area (Å²) in [7, 11) is 0. The summed E-state index contributed by atoms with van der Waals surface area (Å²) >= 11 is 0. The van der Waals surface area contributed by atoms with E-state index in [9.17, 15) is 9.18 Å². The predicted molar refractivity (Wildman–Crippen MR) is 92.6 cm³/mol. The van der Waals surface area contributed by atoms with E-state index in [-0.39, 0.29) is 22.8 Å². The fourth-order valence-corrected chi connectivity index (χ4v) is 4.98. The lowest BCUT2D eigenvalue weighted by molar-refractivity contribution is -0.223. The van der Waals surface area contributed by atoms with Crippen molar-refractivity contribution in [2.75, 3.05) is 0 Å². The zero-order valence-electron chi connectivity index (χ0n) is 14.5. The molecule has 0 N–H and O–H groups in total. The minimum absolute atomic E-state index is 0.0190. The van der Waals surface area contributed by atoms with Gasteiger partial charge >= 0.3 is 0 Å². The summed E-state index contributed by atoms with van der Waals surface area (Å²) < 4.78 is 15.3. The first-order valence-corrected chi connectivity index (χ1v) is 8.92. The monoisotopic (exact) mass is 364 g/mol. The van der Waals surface area contributed by atoms with Crippen molar-refractivity contribution in [3.8, 4) is 6.07 Å². The molecular weight excluding hydrogens is 347 g/mol. The zero-order chi connectivity index (χ0) is 18.6. The highest BCUT2D eigenvalue weighted by molar-refractivity contribution is 5.88. The van der Waals surface area contributed by atoms with Crippen molar-refractivity contribution in [2.24, 2.45) is 15.9 Å². The van der Waals surface area contributed by atoms with E-state index in [0.29, 0.717) is 17.5 Å². The molecule has 1 unspecified atom stereocenters. The molecule has 27 heavy (non-hydrogen) atoms. The van der Waals surface area contributed by atoms with Crippen LogP contribution in [0.25, 0.3) is 0 Å². The minimum Gasteiger partial charge on any atom is -0.272 e. The van der Waals surface area contributed by atoms with Gasteiger partial charge in [0.25, 0.3) is 0 Å². The predicted octanol–water partition coefficient (Wildman–Crippen LogP) is 2.42. The van der Waals surface area contributed by atoms with Crippen LogP contribution in [0.1, 0.15) is 42.9 Å². The Labute approximate surface area is 155 Å². The minimum atomic E-state index is -0.410. The van der Waals surface area contributed by atoms with Gasteiger partial charge in [-0.25, -0.2) is 9.40 Å². The van der Waals surface area contributed by atoms with Crippen LogP contribution >= 0.6 is 0 Å². The molecule has 2 bridgehead atoms. The standard InChI is InChI=1S/C19H17FN6O/c20-15-3-14(6-22-7-15)16-1-2-23-26(16)17(27)19-9-18(10-19,11-19)12-25-8-13(4-21)5-24-25/h2-3,5-8,16H,1,9-12H2. The highest BCUT2D eigenvalue weighted by Gasteiger charge is 2.72. The molecule has 3 saturated carbocycles. The van der Waals surface area contributed by atoms with Crippen molar-refractivity contribution < 1.29 is 9.18 Å². The van der Waals surface area contributed by atoms with E-state index in [4.69, 9.17) is 5.26 Å². The summed E-state index contributed by atoms with van der Waals surface area (Å²) in [5.74, 6) is -0.391. The van der Waals surface area contributed by atoms with Crippen LogP contribution in [0.3, 0.4) is 0 Å². The number of hydrogen-bond donors (Lipinski definition) is 0. The molecular formula is C19H17FN6O. The Kier molecular flexibility index (Phi) is 3.26. The molecule has 3 fully saturated rings. The van der Waals surface area contributed by atoms with Gasteiger partial charge in [0.2, 0.25) is 5.91 Å². The molecule has 0 saturated heterocycles. The average molecular weight is 364 g/mol. The van der Waals surface area contributed by atoms with Crippen LogP contribution in [0.2, 0.25) is 0 Å². The fourth-order valence-electron chi connectivity index (χ4n) is 4.98. The molecule has 2 aromatic rings. The van der Waals surface area contributed by atoms with E-state index < -0.39 is 5.82 Å². The first kappa shape index (κ1) is 16.1. The highest BCUT2D eigenvalue weighted by Crippen LogP contribution is 2.74. The Bertz CT molecular complexity index is 986. The van der Waals surface area contributed by atoms with Gasteiger partial charge in [-0.1, -0.05) is 0 Å². The molecule has 1 aliphatic heterocycles. The number of halogens is 1. The van der Waals surface area contributed by atoms with Gasteiger partial charge < -0.3 is 0 Å². The van der Waals surface area contributed by atoms with Gasteiger partial charge in [0.1, 0.15) is 11.9 Å². The van der Waals surface area contributed by atoms with Crippen LogP contribution in [0.5, 0.6) is 0 Å². The molecule has 3 aliphatic carbocycles. The number of hydrazone groups is 1. The Morgan fingerprint density at radius 2 is 2.15 bits per heavy atom. The summed E-state index contributed by atoms with van der Waals surface area (Å²) in [5.41, 5.74) is 0.952. The molecule has 3 heterocycles. The van der Waals surface area contributed by atoms with Crippen LogP contribution < -0.4 is 0 Å². The van der Waals surface area contributed by atoms with Gasteiger partial charge in [0.15, 0.2) is 0 Å². The number of rotatable bonds is 4. The number of nitriles is 1. The van der Waals surface area contributed by atoms with Gasteiger partial charge in [-0.05, 0) is 36.3 Å². The van der Waals surface area contributed by atoms with E-state index >= 15 is 0 Å². The fraction of sp³-hybridized carbons (Fsp3) is 0.421. The van der Waals surface area contributed by atoms with E-state index in [1.54, 1.807) is 29.5 Å². The normalized spacial score (nSPS) is 30.5. The van der Waals surface area contributed by atoms with Crippen molar-refractivity contribution in [3.05, 3.63) is 47.8 Å². The molecule has 2 aromatic heterocycles. The molecule has 8 heteroatoms. The number of carbonyl (C=O) groups is 1. The number of carbonyl (C=O) groups excluding carboxylic acids is 1. The second-order valence-electron chi connectivity index (χ2n) is 7.98. The average Bonchev–Trinajstić information content (AvgIpc) is 3.25. The maximum atomic E-state index is 13.5. The smallest absolute Gasteiger partial charge is 0.249 e. The summed E-state index contributed by atoms with van der Waals surface area (Å²) in [5, 5.41) is 18.9. The third-order valence-corrected chi connectivity index (χ3v) is 6.00. The van der Waals surface area contributed by atoms with Crippen molar-refractivity contribution in [3.63, 3.8) is 0 Å². The third-order valence-electron chi connectivity index (χ3n) is 6.00. The van der Waals surface area contributed by atoms with E-state index in [1.165, 1.54) is 11.1 Å². The molecule has 0 aromatic carbocycles. The lowest BCUT2D eigenvalue weighted by Crippen LogP contribution is -2.68.